The van der Waals surface area contributed by atoms with Gasteiger partial charge in [0.2, 0.25) is 0 Å². The molecule has 1 aliphatic carbocycles. The van der Waals surface area contributed by atoms with Gasteiger partial charge in [0.15, 0.2) is 0 Å². The van der Waals surface area contributed by atoms with Gasteiger partial charge in [0.05, 0.1) is 13.0 Å². The molecule has 1 saturated carbocycles. The first-order valence-corrected chi connectivity index (χ1v) is 7.03. The van der Waals surface area contributed by atoms with Crippen molar-refractivity contribution >= 4 is 5.97 Å². The number of esters is 1. The van der Waals surface area contributed by atoms with Gasteiger partial charge in [0.25, 0.3) is 0 Å². The highest BCUT2D eigenvalue weighted by Crippen LogP contribution is 2.40. The molecular formula is C16H23NO2. The predicted molar refractivity (Wildman–Crippen MR) is 76.1 cm³/mol. The van der Waals surface area contributed by atoms with Crippen molar-refractivity contribution in [3.63, 3.8) is 0 Å². The Kier molecular flexibility index (Phi) is 4.59. The summed E-state index contributed by atoms with van der Waals surface area (Å²) in [7, 11) is 4.00. The van der Waals surface area contributed by atoms with Crippen LogP contribution in [0.3, 0.4) is 0 Å². The SMILES string of the molecule is CCOC(=O)CC(c1ccc(C2CC2)cc1)N(C)C. The standard InChI is InChI=1S/C16H23NO2/c1-4-19-16(18)11-15(17(2)3)14-9-7-13(8-10-14)12-5-6-12/h7-10,12,15H,4-6,11H2,1-3H3. The molecule has 0 N–H and O–H groups in total. The zero-order valence-electron chi connectivity index (χ0n) is 12.1. The van der Waals surface area contributed by atoms with Gasteiger partial charge < -0.3 is 9.64 Å². The van der Waals surface area contributed by atoms with Crippen molar-refractivity contribution in [3.05, 3.63) is 35.4 Å². The molecule has 0 amide bonds. The molecule has 1 aromatic rings. The van der Waals surface area contributed by atoms with E-state index in [1.54, 1.807) is 0 Å². The maximum atomic E-state index is 11.7. The lowest BCUT2D eigenvalue weighted by atomic mass is 10.00. The number of carbonyl (C=O) groups excluding carboxylic acids is 1. The molecule has 0 aromatic heterocycles. The summed E-state index contributed by atoms with van der Waals surface area (Å²) in [5, 5.41) is 0. The number of benzene rings is 1. The smallest absolute Gasteiger partial charge is 0.307 e. The van der Waals surface area contributed by atoms with Crippen LogP contribution in [-0.2, 0) is 9.53 Å². The third-order valence-corrected chi connectivity index (χ3v) is 3.66. The average molecular weight is 261 g/mol. The van der Waals surface area contributed by atoms with Crippen LogP contribution in [-0.4, -0.2) is 31.6 Å². The van der Waals surface area contributed by atoms with Crippen molar-refractivity contribution in [2.75, 3.05) is 20.7 Å². The summed E-state index contributed by atoms with van der Waals surface area (Å²) in [4.78, 5) is 13.7. The fourth-order valence-electron chi connectivity index (χ4n) is 2.38. The van der Waals surface area contributed by atoms with Crippen LogP contribution in [0.15, 0.2) is 24.3 Å². The Hall–Kier alpha value is -1.35. The van der Waals surface area contributed by atoms with E-state index >= 15 is 0 Å². The molecule has 0 radical (unpaired) electrons. The Morgan fingerprint density at radius 3 is 2.42 bits per heavy atom. The van der Waals surface area contributed by atoms with Crippen LogP contribution in [0, 0.1) is 0 Å². The summed E-state index contributed by atoms with van der Waals surface area (Å²) in [5.74, 6) is 0.643. The van der Waals surface area contributed by atoms with Crippen LogP contribution in [0.2, 0.25) is 0 Å². The second-order valence-electron chi connectivity index (χ2n) is 5.43. The summed E-state index contributed by atoms with van der Waals surface area (Å²) in [6.07, 6.45) is 3.04. The van der Waals surface area contributed by atoms with Crippen molar-refractivity contribution in [2.24, 2.45) is 0 Å². The van der Waals surface area contributed by atoms with E-state index in [4.69, 9.17) is 4.74 Å². The maximum absolute atomic E-state index is 11.7. The molecule has 1 aromatic carbocycles. The Morgan fingerprint density at radius 1 is 1.32 bits per heavy atom. The van der Waals surface area contributed by atoms with E-state index in [2.05, 4.69) is 29.2 Å². The number of hydrogen-bond acceptors (Lipinski definition) is 3. The molecule has 0 saturated heterocycles. The lowest BCUT2D eigenvalue weighted by Crippen LogP contribution is -2.23. The molecule has 0 aliphatic heterocycles. The van der Waals surface area contributed by atoms with Gasteiger partial charge in [-0.15, -0.1) is 0 Å². The lowest BCUT2D eigenvalue weighted by Gasteiger charge is -2.24. The minimum atomic E-state index is -0.132. The molecule has 1 aliphatic rings. The van der Waals surface area contributed by atoms with Gasteiger partial charge in [-0.25, -0.2) is 0 Å². The highest BCUT2D eigenvalue weighted by molar-refractivity contribution is 5.70. The van der Waals surface area contributed by atoms with Crippen molar-refractivity contribution in [1.82, 2.24) is 4.90 Å². The van der Waals surface area contributed by atoms with Gasteiger partial charge >= 0.3 is 5.97 Å². The first kappa shape index (κ1) is 14.1. The molecule has 0 bridgehead atoms. The largest absolute Gasteiger partial charge is 0.466 e. The van der Waals surface area contributed by atoms with E-state index in [9.17, 15) is 4.79 Å². The third kappa shape index (κ3) is 3.80. The molecule has 19 heavy (non-hydrogen) atoms. The lowest BCUT2D eigenvalue weighted by molar-refractivity contribution is -0.144. The monoisotopic (exact) mass is 261 g/mol. The number of hydrogen-bond donors (Lipinski definition) is 0. The summed E-state index contributed by atoms with van der Waals surface area (Å²) >= 11 is 0. The van der Waals surface area contributed by atoms with E-state index < -0.39 is 0 Å². The number of carbonyl (C=O) groups is 1. The Balaban J connectivity index is 2.06. The van der Waals surface area contributed by atoms with E-state index in [0.29, 0.717) is 13.0 Å². The van der Waals surface area contributed by atoms with Gasteiger partial charge in [0, 0.05) is 6.04 Å². The Morgan fingerprint density at radius 2 is 1.95 bits per heavy atom. The van der Waals surface area contributed by atoms with Crippen LogP contribution in [0.5, 0.6) is 0 Å². The van der Waals surface area contributed by atoms with Crippen LogP contribution in [0.4, 0.5) is 0 Å². The molecule has 0 heterocycles. The molecule has 104 valence electrons. The second-order valence-corrected chi connectivity index (χ2v) is 5.43. The zero-order valence-corrected chi connectivity index (χ0v) is 12.1. The molecule has 1 unspecified atom stereocenters. The molecule has 2 rings (SSSR count). The summed E-state index contributed by atoms with van der Waals surface area (Å²) in [6, 6.07) is 8.80. The van der Waals surface area contributed by atoms with E-state index in [1.165, 1.54) is 24.0 Å². The van der Waals surface area contributed by atoms with Gasteiger partial charge in [0.1, 0.15) is 0 Å². The van der Waals surface area contributed by atoms with Crippen LogP contribution in [0.25, 0.3) is 0 Å². The molecule has 0 spiro atoms. The average Bonchev–Trinajstić information content (AvgIpc) is 3.20. The minimum Gasteiger partial charge on any atom is -0.466 e. The van der Waals surface area contributed by atoms with Gasteiger partial charge in [-0.2, -0.15) is 0 Å². The van der Waals surface area contributed by atoms with E-state index in [1.807, 2.05) is 21.0 Å². The molecule has 3 heteroatoms. The fraction of sp³-hybridized carbons (Fsp3) is 0.562. The molecule has 1 fully saturated rings. The Bertz CT molecular complexity index is 421. The number of rotatable bonds is 6. The Labute approximate surface area is 115 Å². The molecular weight excluding hydrogens is 238 g/mol. The predicted octanol–water partition coefficient (Wildman–Crippen LogP) is 3.12. The fourth-order valence-corrected chi connectivity index (χ4v) is 2.38. The first-order valence-electron chi connectivity index (χ1n) is 7.03. The molecule has 1 atom stereocenters. The second kappa shape index (κ2) is 6.20. The van der Waals surface area contributed by atoms with Crippen molar-refractivity contribution < 1.29 is 9.53 Å². The van der Waals surface area contributed by atoms with E-state index in [0.717, 1.165) is 5.92 Å². The zero-order chi connectivity index (χ0) is 13.8. The van der Waals surface area contributed by atoms with Crippen LogP contribution < -0.4 is 0 Å². The highest BCUT2D eigenvalue weighted by Gasteiger charge is 2.24. The third-order valence-electron chi connectivity index (χ3n) is 3.66. The summed E-state index contributed by atoms with van der Waals surface area (Å²) < 4.78 is 5.05. The first-order chi connectivity index (χ1) is 9.11. The highest BCUT2D eigenvalue weighted by atomic mass is 16.5. The summed E-state index contributed by atoms with van der Waals surface area (Å²) in [5.41, 5.74) is 2.61. The van der Waals surface area contributed by atoms with Gasteiger partial charge in [-0.1, -0.05) is 24.3 Å². The van der Waals surface area contributed by atoms with Gasteiger partial charge in [-0.05, 0) is 50.9 Å². The quantitative estimate of drug-likeness (QED) is 0.737. The van der Waals surface area contributed by atoms with Crippen molar-refractivity contribution in [2.45, 2.75) is 38.1 Å². The number of ether oxygens (including phenoxy) is 1. The topological polar surface area (TPSA) is 29.5 Å². The number of nitrogens with zero attached hydrogens (tertiary/aromatic N) is 1. The summed E-state index contributed by atoms with van der Waals surface area (Å²) in [6.45, 7) is 2.28. The van der Waals surface area contributed by atoms with Crippen molar-refractivity contribution in [1.29, 1.82) is 0 Å². The normalized spacial score (nSPS) is 16.4. The maximum Gasteiger partial charge on any atom is 0.307 e. The van der Waals surface area contributed by atoms with E-state index in [-0.39, 0.29) is 12.0 Å². The minimum absolute atomic E-state index is 0.0901. The van der Waals surface area contributed by atoms with Gasteiger partial charge in [-0.3, -0.25) is 4.79 Å². The van der Waals surface area contributed by atoms with Crippen LogP contribution >= 0.6 is 0 Å². The van der Waals surface area contributed by atoms with Crippen molar-refractivity contribution in [3.8, 4) is 0 Å². The van der Waals surface area contributed by atoms with Crippen LogP contribution in [0.1, 0.15) is 49.3 Å². The molecule has 3 nitrogen and oxygen atoms in total.